The number of rotatable bonds is 2. The van der Waals surface area contributed by atoms with E-state index in [9.17, 15) is 4.79 Å². The van der Waals surface area contributed by atoms with Crippen LogP contribution in [0.4, 0.5) is 5.69 Å². The monoisotopic (exact) mass is 255 g/mol. The smallest absolute Gasteiger partial charge is 0.229 e. The second kappa shape index (κ2) is 5.18. The lowest BCUT2D eigenvalue weighted by atomic mass is 9.95. The molecule has 0 aliphatic rings. The lowest BCUT2D eigenvalue weighted by Gasteiger charge is -2.17. The van der Waals surface area contributed by atoms with Crippen molar-refractivity contribution < 1.29 is 4.79 Å². The molecule has 2 aromatic rings. The van der Waals surface area contributed by atoms with Crippen LogP contribution in [0, 0.1) is 5.41 Å². The van der Waals surface area contributed by atoms with Gasteiger partial charge in [0, 0.05) is 29.1 Å². The van der Waals surface area contributed by atoms with E-state index in [1.807, 2.05) is 45.0 Å². The van der Waals surface area contributed by atoms with Crippen molar-refractivity contribution in [3.8, 4) is 11.1 Å². The van der Waals surface area contributed by atoms with Gasteiger partial charge in [-0.2, -0.15) is 0 Å². The molecule has 4 nitrogen and oxygen atoms in total. The number of hydrogen-bond donors (Lipinski definition) is 1. The Kier molecular flexibility index (Phi) is 3.60. The summed E-state index contributed by atoms with van der Waals surface area (Å²) in [7, 11) is 0. The SMILES string of the molecule is CC(C)(C)C(=O)Nc1ccc(-c2cncnc2)cc1. The molecule has 0 saturated heterocycles. The Morgan fingerprint density at radius 3 is 2.11 bits per heavy atom. The first-order chi connectivity index (χ1) is 8.97. The summed E-state index contributed by atoms with van der Waals surface area (Å²) in [4.78, 5) is 19.8. The topological polar surface area (TPSA) is 54.9 Å². The van der Waals surface area contributed by atoms with Gasteiger partial charge in [-0.1, -0.05) is 32.9 Å². The second-order valence-electron chi connectivity index (χ2n) is 5.41. The van der Waals surface area contributed by atoms with Gasteiger partial charge in [-0.25, -0.2) is 9.97 Å². The average Bonchev–Trinajstić information content (AvgIpc) is 2.39. The van der Waals surface area contributed by atoms with Crippen molar-refractivity contribution in [2.75, 3.05) is 5.32 Å². The molecule has 1 amide bonds. The first-order valence-electron chi connectivity index (χ1n) is 6.14. The molecule has 0 saturated carbocycles. The van der Waals surface area contributed by atoms with Crippen LogP contribution in [-0.2, 0) is 4.79 Å². The van der Waals surface area contributed by atoms with Gasteiger partial charge in [0.2, 0.25) is 5.91 Å². The maximum absolute atomic E-state index is 11.9. The van der Waals surface area contributed by atoms with Crippen LogP contribution in [0.3, 0.4) is 0 Å². The summed E-state index contributed by atoms with van der Waals surface area (Å²) >= 11 is 0. The number of amides is 1. The fourth-order valence-electron chi connectivity index (χ4n) is 1.51. The van der Waals surface area contributed by atoms with Crippen LogP contribution < -0.4 is 5.32 Å². The average molecular weight is 255 g/mol. The van der Waals surface area contributed by atoms with Gasteiger partial charge in [0.25, 0.3) is 0 Å². The van der Waals surface area contributed by atoms with E-state index in [2.05, 4.69) is 15.3 Å². The molecule has 4 heteroatoms. The summed E-state index contributed by atoms with van der Waals surface area (Å²) in [5.74, 6) is 0.00305. The third kappa shape index (κ3) is 3.37. The minimum Gasteiger partial charge on any atom is -0.326 e. The lowest BCUT2D eigenvalue weighted by Crippen LogP contribution is -2.27. The quantitative estimate of drug-likeness (QED) is 0.897. The van der Waals surface area contributed by atoms with Gasteiger partial charge in [0.15, 0.2) is 0 Å². The molecule has 0 radical (unpaired) electrons. The molecule has 1 heterocycles. The van der Waals surface area contributed by atoms with Crippen LogP contribution in [0.1, 0.15) is 20.8 Å². The van der Waals surface area contributed by atoms with Gasteiger partial charge >= 0.3 is 0 Å². The van der Waals surface area contributed by atoms with Crippen LogP contribution >= 0.6 is 0 Å². The van der Waals surface area contributed by atoms with Crippen LogP contribution in [0.5, 0.6) is 0 Å². The Bertz CT molecular complexity index is 556. The molecule has 19 heavy (non-hydrogen) atoms. The molecule has 0 aliphatic carbocycles. The van der Waals surface area contributed by atoms with E-state index in [0.717, 1.165) is 16.8 Å². The van der Waals surface area contributed by atoms with Gasteiger partial charge in [-0.15, -0.1) is 0 Å². The fraction of sp³-hybridized carbons (Fsp3) is 0.267. The lowest BCUT2D eigenvalue weighted by molar-refractivity contribution is -0.123. The number of carbonyl (C=O) groups is 1. The summed E-state index contributed by atoms with van der Waals surface area (Å²) in [5, 5.41) is 2.89. The minimum absolute atomic E-state index is 0.00305. The van der Waals surface area contributed by atoms with Crippen LogP contribution in [0.15, 0.2) is 43.0 Å². The van der Waals surface area contributed by atoms with Crippen molar-refractivity contribution in [2.24, 2.45) is 5.41 Å². The van der Waals surface area contributed by atoms with E-state index < -0.39 is 5.41 Å². The molecule has 0 unspecified atom stereocenters. The highest BCUT2D eigenvalue weighted by Gasteiger charge is 2.20. The molecular weight excluding hydrogens is 238 g/mol. The van der Waals surface area contributed by atoms with Crippen LogP contribution in [0.25, 0.3) is 11.1 Å². The zero-order valence-electron chi connectivity index (χ0n) is 11.3. The van der Waals surface area contributed by atoms with Gasteiger partial charge in [0.1, 0.15) is 6.33 Å². The molecule has 0 bridgehead atoms. The third-order valence-electron chi connectivity index (χ3n) is 2.72. The van der Waals surface area contributed by atoms with E-state index >= 15 is 0 Å². The number of anilines is 1. The molecule has 0 atom stereocenters. The molecule has 98 valence electrons. The fourth-order valence-corrected chi connectivity index (χ4v) is 1.51. The van der Waals surface area contributed by atoms with Gasteiger partial charge in [0.05, 0.1) is 0 Å². The Balaban J connectivity index is 2.14. The zero-order valence-corrected chi connectivity index (χ0v) is 11.3. The van der Waals surface area contributed by atoms with Crippen molar-refractivity contribution in [2.45, 2.75) is 20.8 Å². The van der Waals surface area contributed by atoms with Gasteiger partial charge in [-0.05, 0) is 17.7 Å². The summed E-state index contributed by atoms with van der Waals surface area (Å²) < 4.78 is 0. The first kappa shape index (κ1) is 13.2. The number of benzene rings is 1. The molecule has 1 aromatic heterocycles. The number of nitrogens with zero attached hydrogens (tertiary/aromatic N) is 2. The molecule has 1 aromatic carbocycles. The van der Waals surface area contributed by atoms with E-state index in [4.69, 9.17) is 0 Å². The van der Waals surface area contributed by atoms with E-state index in [1.54, 1.807) is 12.4 Å². The summed E-state index contributed by atoms with van der Waals surface area (Å²) in [6, 6.07) is 7.64. The van der Waals surface area contributed by atoms with Crippen molar-refractivity contribution in [3.05, 3.63) is 43.0 Å². The minimum atomic E-state index is -0.397. The predicted octanol–water partition coefficient (Wildman–Crippen LogP) is 3.13. The van der Waals surface area contributed by atoms with Crippen molar-refractivity contribution >= 4 is 11.6 Å². The van der Waals surface area contributed by atoms with Crippen molar-refractivity contribution in [1.82, 2.24) is 9.97 Å². The highest BCUT2D eigenvalue weighted by atomic mass is 16.2. The summed E-state index contributed by atoms with van der Waals surface area (Å²) in [5.41, 5.74) is 2.37. The van der Waals surface area contributed by atoms with Gasteiger partial charge in [-0.3, -0.25) is 4.79 Å². The molecule has 2 rings (SSSR count). The predicted molar refractivity (Wildman–Crippen MR) is 75.6 cm³/mol. The summed E-state index contributed by atoms with van der Waals surface area (Å²) in [6.07, 6.45) is 5.02. The Morgan fingerprint density at radius 1 is 1.00 bits per heavy atom. The Labute approximate surface area is 112 Å². The van der Waals surface area contributed by atoms with E-state index in [-0.39, 0.29) is 5.91 Å². The zero-order chi connectivity index (χ0) is 13.9. The van der Waals surface area contributed by atoms with Crippen LogP contribution in [0.2, 0.25) is 0 Å². The highest BCUT2D eigenvalue weighted by molar-refractivity contribution is 5.94. The number of aromatic nitrogens is 2. The normalized spacial score (nSPS) is 11.1. The standard InChI is InChI=1S/C15H17N3O/c1-15(2,3)14(19)18-13-6-4-11(5-7-13)12-8-16-10-17-9-12/h4-10H,1-3H3,(H,18,19). The third-order valence-corrected chi connectivity index (χ3v) is 2.72. The van der Waals surface area contributed by atoms with Crippen LogP contribution in [-0.4, -0.2) is 15.9 Å². The maximum Gasteiger partial charge on any atom is 0.229 e. The van der Waals surface area contributed by atoms with E-state index in [1.165, 1.54) is 6.33 Å². The maximum atomic E-state index is 11.9. The molecule has 0 fully saturated rings. The van der Waals surface area contributed by atoms with E-state index in [0.29, 0.717) is 0 Å². The molecular formula is C15H17N3O. The number of nitrogens with one attached hydrogen (secondary N) is 1. The molecule has 1 N–H and O–H groups in total. The highest BCUT2D eigenvalue weighted by Crippen LogP contribution is 2.21. The Hall–Kier alpha value is -2.23. The molecule has 0 spiro atoms. The largest absolute Gasteiger partial charge is 0.326 e. The van der Waals surface area contributed by atoms with Gasteiger partial charge < -0.3 is 5.32 Å². The Morgan fingerprint density at radius 2 is 1.58 bits per heavy atom. The summed E-state index contributed by atoms with van der Waals surface area (Å²) in [6.45, 7) is 5.66. The second-order valence-corrected chi connectivity index (χ2v) is 5.41. The van der Waals surface area contributed by atoms with Crippen molar-refractivity contribution in [3.63, 3.8) is 0 Å². The van der Waals surface area contributed by atoms with Crippen molar-refractivity contribution in [1.29, 1.82) is 0 Å². The number of hydrogen-bond acceptors (Lipinski definition) is 3. The number of carbonyl (C=O) groups excluding carboxylic acids is 1. The first-order valence-corrected chi connectivity index (χ1v) is 6.14. The molecule has 0 aliphatic heterocycles.